The molecule has 1 aliphatic heterocycles. The molecule has 10 heteroatoms. The van der Waals surface area contributed by atoms with E-state index < -0.39 is 6.10 Å². The van der Waals surface area contributed by atoms with Gasteiger partial charge in [-0.15, -0.1) is 0 Å². The van der Waals surface area contributed by atoms with Crippen molar-refractivity contribution in [1.82, 2.24) is 19.4 Å². The number of halogens is 1. The van der Waals surface area contributed by atoms with Crippen LogP contribution in [0, 0.1) is 12.7 Å². The fourth-order valence-corrected chi connectivity index (χ4v) is 6.47. The van der Waals surface area contributed by atoms with Crippen molar-refractivity contribution in [2.24, 2.45) is 5.73 Å². The number of aryl methyl sites for hydroxylation is 2. The van der Waals surface area contributed by atoms with E-state index in [1.807, 2.05) is 35.2 Å². The summed E-state index contributed by atoms with van der Waals surface area (Å²) in [6.07, 6.45) is 6.52. The number of fused-ring (bicyclic) bond motifs is 1. The third kappa shape index (κ3) is 7.87. The van der Waals surface area contributed by atoms with Crippen molar-refractivity contribution in [3.05, 3.63) is 77.5 Å². The molecule has 4 N–H and O–H groups in total. The number of aliphatic hydroxyl groups excluding tert-OH is 1. The second kappa shape index (κ2) is 14.9. The number of nitrogens with one attached hydrogen (secondary N) is 1. The monoisotopic (exact) mass is 616 g/mol. The molecule has 5 rings (SSSR count). The quantitative estimate of drug-likeness (QED) is 0.180. The van der Waals surface area contributed by atoms with Crippen molar-refractivity contribution in [3.8, 4) is 11.1 Å². The number of benzene rings is 2. The summed E-state index contributed by atoms with van der Waals surface area (Å²) in [5.74, 6) is 0.457. The SMILES string of the molecule is COCCCn1c(C2CCCN(C(=O)C[C@H](N)Cc3ccc(-c4cnc(NC[C@H](C)O)nc4)cc3)C2)c(C)c2cccc(F)c21. The molecule has 4 aromatic rings. The van der Waals surface area contributed by atoms with Gasteiger partial charge in [-0.3, -0.25) is 4.79 Å². The van der Waals surface area contributed by atoms with Gasteiger partial charge in [0.1, 0.15) is 5.82 Å². The van der Waals surface area contributed by atoms with Crippen LogP contribution in [-0.4, -0.2) is 75.9 Å². The molecule has 1 saturated heterocycles. The van der Waals surface area contributed by atoms with Crippen LogP contribution in [0.15, 0.2) is 54.9 Å². The maximum atomic E-state index is 15.1. The first-order valence-corrected chi connectivity index (χ1v) is 15.9. The summed E-state index contributed by atoms with van der Waals surface area (Å²) in [5.41, 5.74) is 12.3. The Kier molecular flexibility index (Phi) is 10.8. The number of amides is 1. The molecule has 3 atom stereocenters. The Morgan fingerprint density at radius 2 is 1.93 bits per heavy atom. The van der Waals surface area contributed by atoms with Gasteiger partial charge in [0.25, 0.3) is 0 Å². The maximum absolute atomic E-state index is 15.1. The molecular formula is C35H45FN6O3. The lowest BCUT2D eigenvalue weighted by Crippen LogP contribution is -2.42. The van der Waals surface area contributed by atoms with Crippen molar-refractivity contribution in [2.75, 3.05) is 38.7 Å². The number of methoxy groups -OCH3 is 1. The molecule has 45 heavy (non-hydrogen) atoms. The first-order chi connectivity index (χ1) is 21.7. The number of carbonyl (C=O) groups excluding carboxylic acids is 1. The smallest absolute Gasteiger partial charge is 0.224 e. The molecule has 1 aliphatic rings. The highest BCUT2D eigenvalue weighted by Crippen LogP contribution is 2.37. The van der Waals surface area contributed by atoms with Gasteiger partial charge in [0.05, 0.1) is 11.6 Å². The third-order valence-corrected chi connectivity index (χ3v) is 8.66. The molecule has 0 aliphatic carbocycles. The van der Waals surface area contributed by atoms with Crippen molar-refractivity contribution in [3.63, 3.8) is 0 Å². The zero-order chi connectivity index (χ0) is 31.9. The molecule has 1 amide bonds. The van der Waals surface area contributed by atoms with E-state index in [1.165, 1.54) is 6.07 Å². The van der Waals surface area contributed by atoms with Crippen molar-refractivity contribution < 1.29 is 19.0 Å². The van der Waals surface area contributed by atoms with Gasteiger partial charge in [-0.25, -0.2) is 14.4 Å². The van der Waals surface area contributed by atoms with Crippen molar-refractivity contribution in [1.29, 1.82) is 0 Å². The second-order valence-corrected chi connectivity index (χ2v) is 12.2. The Hall–Kier alpha value is -3.86. The van der Waals surface area contributed by atoms with Crippen LogP contribution in [-0.2, 0) is 22.5 Å². The molecule has 240 valence electrons. The van der Waals surface area contributed by atoms with Crippen LogP contribution in [0.25, 0.3) is 22.0 Å². The second-order valence-electron chi connectivity index (χ2n) is 12.2. The van der Waals surface area contributed by atoms with Crippen molar-refractivity contribution in [2.45, 2.75) is 70.6 Å². The Labute approximate surface area is 264 Å². The molecule has 0 spiro atoms. The van der Waals surface area contributed by atoms with Gasteiger partial charge < -0.3 is 30.4 Å². The van der Waals surface area contributed by atoms with Crippen LogP contribution >= 0.6 is 0 Å². The van der Waals surface area contributed by atoms with Crippen LogP contribution in [0.3, 0.4) is 0 Å². The van der Waals surface area contributed by atoms with Crippen LogP contribution in [0.2, 0.25) is 0 Å². The number of anilines is 1. The minimum absolute atomic E-state index is 0.0659. The number of hydrogen-bond donors (Lipinski definition) is 3. The van der Waals surface area contributed by atoms with Crippen LogP contribution in [0.5, 0.6) is 0 Å². The van der Waals surface area contributed by atoms with E-state index in [1.54, 1.807) is 32.5 Å². The Morgan fingerprint density at radius 3 is 2.64 bits per heavy atom. The molecule has 0 saturated carbocycles. The fraction of sp³-hybridized carbons (Fsp3) is 0.457. The van der Waals surface area contributed by atoms with E-state index >= 15 is 4.39 Å². The summed E-state index contributed by atoms with van der Waals surface area (Å²) in [4.78, 5) is 24.1. The number of aromatic nitrogens is 3. The zero-order valence-electron chi connectivity index (χ0n) is 26.5. The maximum Gasteiger partial charge on any atom is 0.224 e. The van der Waals surface area contributed by atoms with Crippen LogP contribution in [0.1, 0.15) is 55.3 Å². The molecule has 0 radical (unpaired) electrons. The van der Waals surface area contributed by atoms with E-state index in [-0.39, 0.29) is 30.1 Å². The van der Waals surface area contributed by atoms with E-state index in [0.29, 0.717) is 50.7 Å². The fourth-order valence-electron chi connectivity index (χ4n) is 6.47. The lowest BCUT2D eigenvalue weighted by atomic mass is 9.91. The summed E-state index contributed by atoms with van der Waals surface area (Å²) in [7, 11) is 1.68. The predicted molar refractivity (Wildman–Crippen MR) is 176 cm³/mol. The minimum atomic E-state index is -0.481. The first-order valence-electron chi connectivity index (χ1n) is 15.9. The molecule has 3 heterocycles. The minimum Gasteiger partial charge on any atom is -0.392 e. The third-order valence-electron chi connectivity index (χ3n) is 8.66. The van der Waals surface area contributed by atoms with E-state index in [0.717, 1.165) is 52.6 Å². The average Bonchev–Trinajstić information content (AvgIpc) is 3.33. The van der Waals surface area contributed by atoms with E-state index in [9.17, 15) is 9.90 Å². The summed E-state index contributed by atoms with van der Waals surface area (Å²) in [6.45, 7) is 6.76. The molecule has 2 aromatic heterocycles. The summed E-state index contributed by atoms with van der Waals surface area (Å²) >= 11 is 0. The first kappa shape index (κ1) is 32.5. The highest BCUT2D eigenvalue weighted by molar-refractivity contribution is 5.86. The number of carbonyl (C=O) groups is 1. The average molecular weight is 617 g/mol. The number of nitrogens with two attached hydrogens (primary N) is 1. The number of para-hydroxylation sites is 1. The number of hydrogen-bond acceptors (Lipinski definition) is 7. The predicted octanol–water partition coefficient (Wildman–Crippen LogP) is 5.04. The zero-order valence-corrected chi connectivity index (χ0v) is 26.5. The topological polar surface area (TPSA) is 119 Å². The normalized spacial score (nSPS) is 16.6. The lowest BCUT2D eigenvalue weighted by Gasteiger charge is -2.34. The van der Waals surface area contributed by atoms with Gasteiger partial charge in [-0.1, -0.05) is 36.4 Å². The van der Waals surface area contributed by atoms with Gasteiger partial charge in [-0.2, -0.15) is 0 Å². The number of aliphatic hydroxyl groups is 1. The molecule has 9 nitrogen and oxygen atoms in total. The Bertz CT molecular complexity index is 1570. The number of rotatable bonds is 13. The van der Waals surface area contributed by atoms with Gasteiger partial charge in [0, 0.05) is 87.3 Å². The van der Waals surface area contributed by atoms with Crippen LogP contribution in [0.4, 0.5) is 10.3 Å². The number of piperidine rings is 1. The molecule has 0 bridgehead atoms. The van der Waals surface area contributed by atoms with Crippen LogP contribution < -0.4 is 11.1 Å². The molecule has 2 aromatic carbocycles. The Balaban J connectivity index is 1.21. The van der Waals surface area contributed by atoms with Gasteiger partial charge in [0.2, 0.25) is 11.9 Å². The summed E-state index contributed by atoms with van der Waals surface area (Å²) < 4.78 is 22.5. The van der Waals surface area contributed by atoms with E-state index in [4.69, 9.17) is 10.5 Å². The van der Waals surface area contributed by atoms with Gasteiger partial charge in [-0.05, 0) is 62.3 Å². The molecule has 1 unspecified atom stereocenters. The number of nitrogens with zero attached hydrogens (tertiary/aromatic N) is 4. The molecule has 1 fully saturated rings. The standard InChI is InChI=1S/C35H45FN6O3/c1-23(43)19-38-35-39-20-28(21-40-35)26-12-10-25(11-13-26)17-29(37)18-32(44)41-14-5-7-27(22-41)33-24(2)30-8-4-9-31(36)34(30)42(33)15-6-16-45-3/h4,8-13,20-21,23,27,29,43H,5-7,14-19,22,37H2,1-3H3,(H,38,39,40)/t23-,27?,29+/m0/s1. The highest BCUT2D eigenvalue weighted by atomic mass is 19.1. The Morgan fingerprint density at radius 1 is 1.18 bits per heavy atom. The lowest BCUT2D eigenvalue weighted by molar-refractivity contribution is -0.132. The summed E-state index contributed by atoms with van der Waals surface area (Å²) in [5, 5.41) is 13.3. The number of likely N-dealkylation sites (tertiary alicyclic amines) is 1. The van der Waals surface area contributed by atoms with Gasteiger partial charge in [0.15, 0.2) is 0 Å². The van der Waals surface area contributed by atoms with Gasteiger partial charge >= 0.3 is 0 Å². The van der Waals surface area contributed by atoms with E-state index in [2.05, 4.69) is 26.8 Å². The molecular weight excluding hydrogens is 571 g/mol. The largest absolute Gasteiger partial charge is 0.392 e. The summed E-state index contributed by atoms with van der Waals surface area (Å²) in [6, 6.07) is 13.1. The van der Waals surface area contributed by atoms with Crippen molar-refractivity contribution >= 4 is 22.8 Å². The number of ether oxygens (including phenoxy) is 1. The highest BCUT2D eigenvalue weighted by Gasteiger charge is 2.30.